The van der Waals surface area contributed by atoms with Crippen molar-refractivity contribution in [2.45, 2.75) is 32.5 Å². The summed E-state index contributed by atoms with van der Waals surface area (Å²) in [4.78, 5) is 6.64. The molecule has 0 saturated carbocycles. The summed E-state index contributed by atoms with van der Waals surface area (Å²) in [6, 6.07) is 10.8. The molecule has 0 amide bonds. The molecule has 1 saturated heterocycles. The highest BCUT2D eigenvalue weighted by Crippen LogP contribution is 2.31. The summed E-state index contributed by atoms with van der Waals surface area (Å²) in [5.41, 5.74) is 2.53. The Balaban J connectivity index is 0.00000243. The molecule has 1 aromatic carbocycles. The molecule has 0 aliphatic carbocycles. The van der Waals surface area contributed by atoms with Gasteiger partial charge in [-0.25, -0.2) is 0 Å². The molecule has 0 spiro atoms. The minimum atomic E-state index is 0. The molecule has 1 unspecified atom stereocenters. The van der Waals surface area contributed by atoms with Gasteiger partial charge in [0.2, 0.25) is 0 Å². The summed E-state index contributed by atoms with van der Waals surface area (Å²) in [5, 5.41) is 3.50. The molecule has 3 rings (SSSR count). The van der Waals surface area contributed by atoms with Crippen molar-refractivity contribution >= 4 is 12.4 Å². The summed E-state index contributed by atoms with van der Waals surface area (Å²) < 4.78 is 11.3. The molecule has 1 aliphatic heterocycles. The highest BCUT2D eigenvalue weighted by Gasteiger charge is 2.24. The maximum atomic E-state index is 5.82. The Hall–Kier alpha value is -1.82. The summed E-state index contributed by atoms with van der Waals surface area (Å²) in [6.45, 7) is 7.90. The Labute approximate surface area is 162 Å². The second-order valence-electron chi connectivity index (χ2n) is 6.62. The van der Waals surface area contributed by atoms with Gasteiger partial charge in [-0.1, -0.05) is 6.07 Å². The SMILES string of the molecule is COc1cc(CN2CCNCC2c2ccncc2)ccc1OC(C)C.Cl. The van der Waals surface area contributed by atoms with Crippen molar-refractivity contribution in [3.05, 3.63) is 53.9 Å². The van der Waals surface area contributed by atoms with E-state index in [4.69, 9.17) is 9.47 Å². The quantitative estimate of drug-likeness (QED) is 0.835. The van der Waals surface area contributed by atoms with Gasteiger partial charge in [-0.15, -0.1) is 12.4 Å². The lowest BCUT2D eigenvalue weighted by Gasteiger charge is -2.36. The standard InChI is InChI=1S/C20H27N3O2.ClH/c1-15(2)25-19-5-4-16(12-20(19)24-3)14-23-11-10-22-13-18(23)17-6-8-21-9-7-17;/h4-9,12,15,18,22H,10-11,13-14H2,1-3H3;1H. The van der Waals surface area contributed by atoms with Gasteiger partial charge < -0.3 is 14.8 Å². The minimum absolute atomic E-state index is 0. The summed E-state index contributed by atoms with van der Waals surface area (Å²) >= 11 is 0. The van der Waals surface area contributed by atoms with Crippen molar-refractivity contribution in [1.29, 1.82) is 0 Å². The molecular formula is C20H28ClN3O2. The van der Waals surface area contributed by atoms with Crippen LogP contribution in [0.25, 0.3) is 0 Å². The van der Waals surface area contributed by atoms with E-state index < -0.39 is 0 Å². The fourth-order valence-corrected chi connectivity index (χ4v) is 3.25. The molecule has 1 fully saturated rings. The van der Waals surface area contributed by atoms with Gasteiger partial charge in [0, 0.05) is 44.6 Å². The van der Waals surface area contributed by atoms with Crippen molar-refractivity contribution in [3.8, 4) is 11.5 Å². The van der Waals surface area contributed by atoms with Crippen molar-refractivity contribution in [1.82, 2.24) is 15.2 Å². The van der Waals surface area contributed by atoms with Crippen LogP contribution < -0.4 is 14.8 Å². The summed E-state index contributed by atoms with van der Waals surface area (Å²) in [5.74, 6) is 1.59. The van der Waals surface area contributed by atoms with Gasteiger partial charge in [0.25, 0.3) is 0 Å². The zero-order chi connectivity index (χ0) is 17.6. The van der Waals surface area contributed by atoms with Gasteiger partial charge in [-0.05, 0) is 49.2 Å². The van der Waals surface area contributed by atoms with Crippen LogP contribution in [0.3, 0.4) is 0 Å². The van der Waals surface area contributed by atoms with Crippen LogP contribution in [-0.4, -0.2) is 42.7 Å². The van der Waals surface area contributed by atoms with Crippen molar-refractivity contribution in [2.75, 3.05) is 26.7 Å². The van der Waals surface area contributed by atoms with E-state index in [0.29, 0.717) is 6.04 Å². The Kier molecular flexibility index (Phi) is 7.69. The van der Waals surface area contributed by atoms with Gasteiger partial charge in [0.1, 0.15) is 0 Å². The first kappa shape index (κ1) is 20.5. The Morgan fingerprint density at radius 1 is 1.19 bits per heavy atom. The molecule has 2 heterocycles. The van der Waals surface area contributed by atoms with Crippen LogP contribution in [0.4, 0.5) is 0 Å². The number of methoxy groups -OCH3 is 1. The first-order valence-electron chi connectivity index (χ1n) is 8.85. The van der Waals surface area contributed by atoms with Crippen LogP contribution >= 0.6 is 12.4 Å². The third-order valence-electron chi connectivity index (χ3n) is 4.42. The van der Waals surface area contributed by atoms with E-state index in [1.54, 1.807) is 7.11 Å². The fourth-order valence-electron chi connectivity index (χ4n) is 3.25. The lowest BCUT2D eigenvalue weighted by molar-refractivity contribution is 0.153. The number of hydrogen-bond acceptors (Lipinski definition) is 5. The number of piperazine rings is 1. The molecular weight excluding hydrogens is 350 g/mol. The zero-order valence-electron chi connectivity index (χ0n) is 15.6. The van der Waals surface area contributed by atoms with E-state index in [2.05, 4.69) is 39.5 Å². The normalized spacial score (nSPS) is 17.6. The predicted molar refractivity (Wildman–Crippen MR) is 106 cm³/mol. The smallest absolute Gasteiger partial charge is 0.161 e. The first-order valence-corrected chi connectivity index (χ1v) is 8.85. The molecule has 1 aliphatic rings. The van der Waals surface area contributed by atoms with Gasteiger partial charge in [0.05, 0.1) is 13.2 Å². The van der Waals surface area contributed by atoms with Gasteiger partial charge in [0.15, 0.2) is 11.5 Å². The molecule has 5 nitrogen and oxygen atoms in total. The van der Waals surface area contributed by atoms with E-state index in [0.717, 1.165) is 37.7 Å². The Bertz CT molecular complexity index is 682. The van der Waals surface area contributed by atoms with Crippen LogP contribution in [0.1, 0.15) is 31.0 Å². The van der Waals surface area contributed by atoms with Crippen LogP contribution in [0, 0.1) is 0 Å². The fraction of sp³-hybridized carbons (Fsp3) is 0.450. The van der Waals surface area contributed by atoms with Crippen molar-refractivity contribution in [3.63, 3.8) is 0 Å². The number of halogens is 1. The number of aromatic nitrogens is 1. The van der Waals surface area contributed by atoms with E-state index in [1.165, 1.54) is 11.1 Å². The molecule has 0 bridgehead atoms. The zero-order valence-corrected chi connectivity index (χ0v) is 16.5. The third-order valence-corrected chi connectivity index (χ3v) is 4.42. The van der Waals surface area contributed by atoms with Crippen molar-refractivity contribution < 1.29 is 9.47 Å². The molecule has 1 atom stereocenters. The lowest BCUT2D eigenvalue weighted by atomic mass is 10.0. The van der Waals surface area contributed by atoms with Crippen LogP contribution in [0.2, 0.25) is 0 Å². The predicted octanol–water partition coefficient (Wildman–Crippen LogP) is 3.45. The highest BCUT2D eigenvalue weighted by atomic mass is 35.5. The van der Waals surface area contributed by atoms with Crippen LogP contribution in [0.15, 0.2) is 42.7 Å². The molecule has 6 heteroatoms. The largest absolute Gasteiger partial charge is 0.493 e. The average Bonchev–Trinajstić information content (AvgIpc) is 2.64. The Morgan fingerprint density at radius 3 is 2.65 bits per heavy atom. The van der Waals surface area contributed by atoms with Crippen LogP contribution in [-0.2, 0) is 6.54 Å². The molecule has 142 valence electrons. The topological polar surface area (TPSA) is 46.6 Å². The summed E-state index contributed by atoms with van der Waals surface area (Å²) in [6.07, 6.45) is 3.86. The summed E-state index contributed by atoms with van der Waals surface area (Å²) in [7, 11) is 1.69. The number of rotatable bonds is 6. The maximum Gasteiger partial charge on any atom is 0.161 e. The number of ether oxygens (including phenoxy) is 2. The molecule has 0 radical (unpaired) electrons. The number of hydrogen-bond donors (Lipinski definition) is 1. The van der Waals surface area contributed by atoms with E-state index in [9.17, 15) is 0 Å². The second-order valence-corrected chi connectivity index (χ2v) is 6.62. The molecule has 1 aromatic heterocycles. The maximum absolute atomic E-state index is 5.82. The number of pyridine rings is 1. The van der Waals surface area contributed by atoms with E-state index in [1.807, 2.05) is 32.3 Å². The third kappa shape index (κ3) is 5.10. The highest BCUT2D eigenvalue weighted by molar-refractivity contribution is 5.85. The first-order chi connectivity index (χ1) is 12.2. The Morgan fingerprint density at radius 2 is 1.96 bits per heavy atom. The molecule has 26 heavy (non-hydrogen) atoms. The van der Waals surface area contributed by atoms with E-state index >= 15 is 0 Å². The van der Waals surface area contributed by atoms with Gasteiger partial charge in [-0.3, -0.25) is 9.88 Å². The molecule has 1 N–H and O–H groups in total. The van der Waals surface area contributed by atoms with E-state index in [-0.39, 0.29) is 18.5 Å². The lowest BCUT2D eigenvalue weighted by Crippen LogP contribution is -2.45. The van der Waals surface area contributed by atoms with Crippen molar-refractivity contribution in [2.24, 2.45) is 0 Å². The van der Waals surface area contributed by atoms with Gasteiger partial charge in [-0.2, -0.15) is 0 Å². The second kappa shape index (κ2) is 9.76. The monoisotopic (exact) mass is 377 g/mol. The molecule has 2 aromatic rings. The average molecular weight is 378 g/mol. The number of benzene rings is 1. The van der Waals surface area contributed by atoms with Crippen LogP contribution in [0.5, 0.6) is 11.5 Å². The number of nitrogens with zero attached hydrogens (tertiary/aromatic N) is 2. The minimum Gasteiger partial charge on any atom is -0.493 e. The van der Waals surface area contributed by atoms with Gasteiger partial charge >= 0.3 is 0 Å². The number of nitrogens with one attached hydrogen (secondary N) is 1.